The molecule has 0 aromatic carbocycles. The predicted octanol–water partition coefficient (Wildman–Crippen LogP) is 2.22. The van der Waals surface area contributed by atoms with E-state index in [1.165, 1.54) is 6.33 Å². The summed E-state index contributed by atoms with van der Waals surface area (Å²) in [7, 11) is 0. The molecule has 1 fully saturated rings. The average molecular weight is 304 g/mol. The molecule has 2 rings (SSSR count). The molecular weight excluding hydrogens is 293 g/mol. The number of aliphatic carboxylic acids is 1. The highest BCUT2D eigenvalue weighted by Gasteiger charge is 2.34. The number of nitrogens with zero attached hydrogens (tertiary/aromatic N) is 2. The third kappa shape index (κ3) is 3.13. The van der Waals surface area contributed by atoms with Crippen molar-refractivity contribution in [3.63, 3.8) is 0 Å². The van der Waals surface area contributed by atoms with Gasteiger partial charge in [0.15, 0.2) is 11.0 Å². The first-order valence-corrected chi connectivity index (χ1v) is 6.44. The Morgan fingerprint density at radius 3 is 2.58 bits per heavy atom. The van der Waals surface area contributed by atoms with Crippen LogP contribution >= 0.6 is 23.2 Å². The van der Waals surface area contributed by atoms with Crippen molar-refractivity contribution >= 4 is 40.9 Å². The monoisotopic (exact) mass is 303 g/mol. The van der Waals surface area contributed by atoms with Crippen LogP contribution in [0, 0.1) is 11.8 Å². The molecule has 1 aromatic rings. The molecule has 8 heteroatoms. The van der Waals surface area contributed by atoms with Gasteiger partial charge < -0.3 is 10.4 Å². The molecule has 2 atom stereocenters. The van der Waals surface area contributed by atoms with Crippen molar-refractivity contribution in [3.8, 4) is 0 Å². The summed E-state index contributed by atoms with van der Waals surface area (Å²) >= 11 is 11.6. The van der Waals surface area contributed by atoms with E-state index in [0.29, 0.717) is 19.3 Å². The van der Waals surface area contributed by atoms with Gasteiger partial charge in [-0.3, -0.25) is 9.59 Å². The van der Waals surface area contributed by atoms with E-state index in [-0.39, 0.29) is 27.8 Å². The standard InChI is InChI=1S/C11H11Cl2N3O3/c12-7-8(13)14-4-15-9(7)16-10(17)5-1-2-6(3-5)11(18)19/h4-6H,1-3H2,(H,18,19)(H,14,15,16,17)/t5-,6+/m1/s1. The Balaban J connectivity index is 2.02. The lowest BCUT2D eigenvalue weighted by molar-refractivity contribution is -0.141. The maximum atomic E-state index is 12.0. The van der Waals surface area contributed by atoms with Gasteiger partial charge in [-0.2, -0.15) is 0 Å². The van der Waals surface area contributed by atoms with Crippen LogP contribution in [0.4, 0.5) is 5.82 Å². The molecule has 0 spiro atoms. The van der Waals surface area contributed by atoms with Crippen molar-refractivity contribution in [2.45, 2.75) is 19.3 Å². The zero-order valence-electron chi connectivity index (χ0n) is 9.77. The predicted molar refractivity (Wildman–Crippen MR) is 69.1 cm³/mol. The fraction of sp³-hybridized carbons (Fsp3) is 0.455. The van der Waals surface area contributed by atoms with Crippen molar-refractivity contribution in [3.05, 3.63) is 16.5 Å². The van der Waals surface area contributed by atoms with Gasteiger partial charge in [-0.1, -0.05) is 23.2 Å². The van der Waals surface area contributed by atoms with Crippen LogP contribution in [-0.4, -0.2) is 27.0 Å². The van der Waals surface area contributed by atoms with Gasteiger partial charge >= 0.3 is 5.97 Å². The van der Waals surface area contributed by atoms with Crippen LogP contribution < -0.4 is 5.32 Å². The number of carbonyl (C=O) groups excluding carboxylic acids is 1. The van der Waals surface area contributed by atoms with Crippen LogP contribution in [0.1, 0.15) is 19.3 Å². The van der Waals surface area contributed by atoms with E-state index >= 15 is 0 Å². The minimum absolute atomic E-state index is 0.0572. The van der Waals surface area contributed by atoms with E-state index in [2.05, 4.69) is 15.3 Å². The molecule has 2 N–H and O–H groups in total. The maximum Gasteiger partial charge on any atom is 0.306 e. The van der Waals surface area contributed by atoms with Crippen LogP contribution in [0.3, 0.4) is 0 Å². The highest BCUT2D eigenvalue weighted by atomic mass is 35.5. The molecular formula is C11H11Cl2N3O3. The second-order valence-corrected chi connectivity index (χ2v) is 5.10. The van der Waals surface area contributed by atoms with Gasteiger partial charge in [0.2, 0.25) is 5.91 Å². The summed E-state index contributed by atoms with van der Waals surface area (Å²) in [5.74, 6) is -1.81. The van der Waals surface area contributed by atoms with Gasteiger partial charge in [0.25, 0.3) is 0 Å². The van der Waals surface area contributed by atoms with E-state index in [1.807, 2.05) is 0 Å². The molecule has 0 aliphatic heterocycles. The van der Waals surface area contributed by atoms with Crippen LogP contribution in [0.15, 0.2) is 6.33 Å². The Morgan fingerprint density at radius 2 is 1.95 bits per heavy atom. The topological polar surface area (TPSA) is 92.2 Å². The Morgan fingerprint density at radius 1 is 1.26 bits per heavy atom. The first kappa shape index (κ1) is 14.0. The van der Waals surface area contributed by atoms with Gasteiger partial charge in [-0.05, 0) is 19.3 Å². The quantitative estimate of drug-likeness (QED) is 0.835. The molecule has 0 unspecified atom stereocenters. The number of carbonyl (C=O) groups is 2. The summed E-state index contributed by atoms with van der Waals surface area (Å²) < 4.78 is 0. The molecule has 0 saturated heterocycles. The van der Waals surface area contributed by atoms with E-state index < -0.39 is 11.9 Å². The van der Waals surface area contributed by atoms with Gasteiger partial charge in [0.05, 0.1) is 5.92 Å². The van der Waals surface area contributed by atoms with Crippen LogP contribution in [0.25, 0.3) is 0 Å². The van der Waals surface area contributed by atoms with Crippen molar-refractivity contribution in [2.24, 2.45) is 11.8 Å². The average Bonchev–Trinajstić information content (AvgIpc) is 2.84. The highest BCUT2D eigenvalue weighted by molar-refractivity contribution is 6.42. The minimum atomic E-state index is -0.863. The summed E-state index contributed by atoms with van der Waals surface area (Å²) in [5, 5.41) is 11.6. The highest BCUT2D eigenvalue weighted by Crippen LogP contribution is 2.33. The van der Waals surface area contributed by atoms with E-state index in [0.717, 1.165) is 0 Å². The largest absolute Gasteiger partial charge is 0.481 e. The lowest BCUT2D eigenvalue weighted by Crippen LogP contribution is -2.22. The summed E-state index contributed by atoms with van der Waals surface area (Å²) in [5.41, 5.74) is 0. The number of hydrogen-bond donors (Lipinski definition) is 2. The van der Waals surface area contributed by atoms with Gasteiger partial charge in [-0.15, -0.1) is 0 Å². The summed E-state index contributed by atoms with van der Waals surface area (Å²) in [6, 6.07) is 0. The fourth-order valence-corrected chi connectivity index (χ4v) is 2.38. The van der Waals surface area contributed by atoms with Gasteiger partial charge in [0.1, 0.15) is 11.3 Å². The Kier molecular flexibility index (Phi) is 4.21. The van der Waals surface area contributed by atoms with Gasteiger partial charge in [0, 0.05) is 5.92 Å². The van der Waals surface area contributed by atoms with Gasteiger partial charge in [-0.25, -0.2) is 9.97 Å². The second-order valence-electron chi connectivity index (χ2n) is 4.36. The summed E-state index contributed by atoms with van der Waals surface area (Å²) in [6.45, 7) is 0. The molecule has 6 nitrogen and oxygen atoms in total. The SMILES string of the molecule is O=C(O)[C@H]1CC[C@@H](C(=O)Nc2ncnc(Cl)c2Cl)C1. The van der Waals surface area contributed by atoms with Crippen LogP contribution in [0.5, 0.6) is 0 Å². The van der Waals surface area contributed by atoms with E-state index in [4.69, 9.17) is 28.3 Å². The number of hydrogen-bond acceptors (Lipinski definition) is 4. The number of carboxylic acids is 1. The first-order chi connectivity index (χ1) is 8.99. The smallest absolute Gasteiger partial charge is 0.306 e. The molecule has 1 amide bonds. The van der Waals surface area contributed by atoms with E-state index in [1.54, 1.807) is 0 Å². The number of amides is 1. The first-order valence-electron chi connectivity index (χ1n) is 5.68. The Labute approximate surface area is 119 Å². The van der Waals surface area contributed by atoms with Crippen molar-refractivity contribution in [1.82, 2.24) is 9.97 Å². The number of rotatable bonds is 3. The number of carboxylic acid groups (broad SMARTS) is 1. The fourth-order valence-electron chi connectivity index (χ4n) is 2.10. The van der Waals surface area contributed by atoms with E-state index in [9.17, 15) is 9.59 Å². The zero-order chi connectivity index (χ0) is 14.0. The maximum absolute atomic E-state index is 12.0. The lowest BCUT2D eigenvalue weighted by Gasteiger charge is -2.11. The number of aromatic nitrogens is 2. The van der Waals surface area contributed by atoms with Crippen molar-refractivity contribution in [1.29, 1.82) is 0 Å². The molecule has 1 aromatic heterocycles. The molecule has 1 aliphatic carbocycles. The van der Waals surface area contributed by atoms with Crippen molar-refractivity contribution < 1.29 is 14.7 Å². The number of halogens is 2. The molecule has 1 saturated carbocycles. The Hall–Kier alpha value is -1.40. The normalized spacial score (nSPS) is 22.2. The number of anilines is 1. The minimum Gasteiger partial charge on any atom is -0.481 e. The summed E-state index contributed by atoms with van der Waals surface area (Å²) in [4.78, 5) is 30.3. The van der Waals surface area contributed by atoms with Crippen LogP contribution in [-0.2, 0) is 9.59 Å². The summed E-state index contributed by atoms with van der Waals surface area (Å²) in [6.07, 6.45) is 2.57. The molecule has 0 bridgehead atoms. The molecule has 19 heavy (non-hydrogen) atoms. The number of nitrogens with one attached hydrogen (secondary N) is 1. The Bertz CT molecular complexity index is 524. The third-order valence-corrected chi connectivity index (χ3v) is 3.88. The molecule has 1 heterocycles. The molecule has 1 aliphatic rings. The lowest BCUT2D eigenvalue weighted by atomic mass is 10.0. The second kappa shape index (κ2) is 5.71. The zero-order valence-corrected chi connectivity index (χ0v) is 11.3. The molecule has 0 radical (unpaired) electrons. The van der Waals surface area contributed by atoms with Crippen LogP contribution in [0.2, 0.25) is 10.2 Å². The third-order valence-electron chi connectivity index (χ3n) is 3.14. The molecule has 102 valence electrons. The van der Waals surface area contributed by atoms with Crippen molar-refractivity contribution in [2.75, 3.05) is 5.32 Å².